The third kappa shape index (κ3) is 3.73. The second kappa shape index (κ2) is 7.64. The minimum Gasteiger partial charge on any atom is -0.464 e. The number of carbonyl (C=O) groups is 1. The van der Waals surface area contributed by atoms with E-state index in [0.717, 1.165) is 22.8 Å². The van der Waals surface area contributed by atoms with Gasteiger partial charge in [0.15, 0.2) is 9.90 Å². The molecule has 0 aliphatic heterocycles. The monoisotopic (exact) mass is 324 g/mol. The Labute approximate surface area is 121 Å². The summed E-state index contributed by atoms with van der Waals surface area (Å²) < 4.78 is 35.1. The molecule has 0 fully saturated rings. The average molecular weight is 324 g/mol. The van der Waals surface area contributed by atoms with Crippen molar-refractivity contribution in [2.75, 3.05) is 40.5 Å². The molecule has 0 saturated carbocycles. The van der Waals surface area contributed by atoms with Crippen LogP contribution in [0, 0.1) is 0 Å². The summed E-state index contributed by atoms with van der Waals surface area (Å²) in [5, 5.41) is 8.97. The van der Waals surface area contributed by atoms with Crippen LogP contribution in [-0.2, 0) is 19.5 Å². The molecule has 1 rings (SSSR count). The van der Waals surface area contributed by atoms with Crippen molar-refractivity contribution < 1.29 is 27.8 Å². The maximum atomic E-state index is 12.5. The second-order valence-electron chi connectivity index (χ2n) is 3.60. The molecule has 0 aliphatic rings. The summed E-state index contributed by atoms with van der Waals surface area (Å²) in [4.78, 5) is 15.2. The van der Waals surface area contributed by atoms with Crippen LogP contribution in [-0.4, -0.2) is 69.3 Å². The quantitative estimate of drug-likeness (QED) is 0.646. The van der Waals surface area contributed by atoms with E-state index in [4.69, 9.17) is 9.84 Å². The Balaban J connectivity index is 3.13. The zero-order valence-electron chi connectivity index (χ0n) is 11.1. The van der Waals surface area contributed by atoms with Gasteiger partial charge < -0.3 is 14.6 Å². The van der Waals surface area contributed by atoms with Gasteiger partial charge in [-0.3, -0.25) is 0 Å². The van der Waals surface area contributed by atoms with E-state index in [9.17, 15) is 13.2 Å². The number of aliphatic hydroxyl groups excluding tert-OH is 1. The molecular formula is C10H16N2O6S2. The average Bonchev–Trinajstić information content (AvgIpc) is 2.92. The highest BCUT2D eigenvalue weighted by molar-refractivity contribution is 7.91. The van der Waals surface area contributed by atoms with Crippen molar-refractivity contribution in [3.63, 3.8) is 0 Å². The molecule has 20 heavy (non-hydrogen) atoms. The van der Waals surface area contributed by atoms with E-state index in [2.05, 4.69) is 9.72 Å². The first-order valence-electron chi connectivity index (χ1n) is 5.60. The maximum Gasteiger partial charge on any atom is 0.358 e. The normalized spacial score (nSPS) is 11.8. The molecule has 1 N–H and O–H groups in total. The Hall–Kier alpha value is -1.07. The van der Waals surface area contributed by atoms with Gasteiger partial charge in [-0.1, -0.05) is 0 Å². The number of esters is 1. The van der Waals surface area contributed by atoms with Crippen molar-refractivity contribution >= 4 is 27.3 Å². The van der Waals surface area contributed by atoms with Gasteiger partial charge in [0, 0.05) is 20.2 Å². The van der Waals surface area contributed by atoms with E-state index in [1.807, 2.05) is 0 Å². The fraction of sp³-hybridized carbons (Fsp3) is 0.600. The van der Waals surface area contributed by atoms with Crippen molar-refractivity contribution in [1.82, 2.24) is 9.29 Å². The lowest BCUT2D eigenvalue weighted by Gasteiger charge is -2.20. The van der Waals surface area contributed by atoms with Gasteiger partial charge in [0.25, 0.3) is 10.0 Å². The number of aliphatic hydroxyl groups is 1. The van der Waals surface area contributed by atoms with Crippen LogP contribution in [0.15, 0.2) is 9.72 Å². The number of rotatable bonds is 8. The fourth-order valence-corrected chi connectivity index (χ4v) is 4.11. The third-order valence-corrected chi connectivity index (χ3v) is 5.63. The lowest BCUT2D eigenvalue weighted by molar-refractivity contribution is 0.0590. The SMILES string of the molecule is COCCN(CCO)S(=O)(=O)c1scnc1C(=O)OC. The minimum atomic E-state index is -3.93. The van der Waals surface area contributed by atoms with Gasteiger partial charge in [0.05, 0.1) is 25.8 Å². The number of ether oxygens (including phenoxy) is 2. The minimum absolute atomic E-state index is 0.0674. The number of sulfonamides is 1. The van der Waals surface area contributed by atoms with Crippen LogP contribution in [0.3, 0.4) is 0 Å². The topological polar surface area (TPSA) is 106 Å². The Bertz CT molecular complexity index is 542. The predicted molar refractivity (Wildman–Crippen MR) is 71.2 cm³/mol. The van der Waals surface area contributed by atoms with Gasteiger partial charge in [-0.15, -0.1) is 11.3 Å². The molecule has 0 radical (unpaired) electrons. The summed E-state index contributed by atoms with van der Waals surface area (Å²) in [6.45, 7) is -0.191. The van der Waals surface area contributed by atoms with Crippen LogP contribution in [0.5, 0.6) is 0 Å². The molecule has 0 atom stereocenters. The highest BCUT2D eigenvalue weighted by Gasteiger charge is 2.31. The standard InChI is InChI=1S/C10H16N2O6S2/c1-17-6-4-12(3-5-13)20(15,16)10-8(9(14)18-2)11-7-19-10/h7,13H,3-6H2,1-2H3. The molecule has 1 heterocycles. The van der Waals surface area contributed by atoms with Crippen LogP contribution < -0.4 is 0 Å². The molecule has 8 nitrogen and oxygen atoms in total. The molecule has 0 saturated heterocycles. The van der Waals surface area contributed by atoms with E-state index in [1.54, 1.807) is 0 Å². The van der Waals surface area contributed by atoms with E-state index in [-0.39, 0.29) is 36.2 Å². The number of carbonyl (C=O) groups excluding carboxylic acids is 1. The maximum absolute atomic E-state index is 12.5. The third-order valence-electron chi connectivity index (χ3n) is 2.38. The first-order chi connectivity index (χ1) is 9.48. The van der Waals surface area contributed by atoms with Crippen LogP contribution in [0.25, 0.3) is 0 Å². The number of aromatic nitrogens is 1. The van der Waals surface area contributed by atoms with Gasteiger partial charge in [-0.25, -0.2) is 18.2 Å². The molecule has 0 unspecified atom stereocenters. The number of thiazole rings is 1. The van der Waals surface area contributed by atoms with Gasteiger partial charge >= 0.3 is 5.97 Å². The molecule has 0 aliphatic carbocycles. The highest BCUT2D eigenvalue weighted by Crippen LogP contribution is 2.24. The van der Waals surface area contributed by atoms with E-state index >= 15 is 0 Å². The molecule has 0 aromatic carbocycles. The van der Waals surface area contributed by atoms with Crippen LogP contribution in [0.2, 0.25) is 0 Å². The molecule has 114 valence electrons. The van der Waals surface area contributed by atoms with Gasteiger partial charge in [0.2, 0.25) is 0 Å². The first kappa shape index (κ1) is 17.0. The Morgan fingerprint density at radius 3 is 2.70 bits per heavy atom. The molecule has 0 amide bonds. The summed E-state index contributed by atoms with van der Waals surface area (Å²) in [6, 6.07) is 0. The van der Waals surface area contributed by atoms with Crippen molar-refractivity contribution in [3.8, 4) is 0 Å². The predicted octanol–water partition coefficient (Wildman–Crippen LogP) is -0.441. The lowest BCUT2D eigenvalue weighted by atomic mass is 10.5. The van der Waals surface area contributed by atoms with Gasteiger partial charge in [-0.05, 0) is 0 Å². The first-order valence-corrected chi connectivity index (χ1v) is 7.92. The molecule has 10 heteroatoms. The van der Waals surface area contributed by atoms with Crippen molar-refractivity contribution in [2.24, 2.45) is 0 Å². The smallest absolute Gasteiger partial charge is 0.358 e. The molecule has 0 bridgehead atoms. The Kier molecular flexibility index (Phi) is 6.49. The Morgan fingerprint density at radius 1 is 1.45 bits per heavy atom. The largest absolute Gasteiger partial charge is 0.464 e. The van der Waals surface area contributed by atoms with Gasteiger partial charge in [-0.2, -0.15) is 4.31 Å². The van der Waals surface area contributed by atoms with E-state index in [1.165, 1.54) is 12.6 Å². The second-order valence-corrected chi connectivity index (χ2v) is 6.59. The van der Waals surface area contributed by atoms with Crippen LogP contribution >= 0.6 is 11.3 Å². The molecule has 1 aromatic heterocycles. The fourth-order valence-electron chi connectivity index (χ4n) is 1.43. The van der Waals surface area contributed by atoms with E-state index in [0.29, 0.717) is 0 Å². The number of nitrogens with zero attached hydrogens (tertiary/aromatic N) is 2. The summed E-state index contributed by atoms with van der Waals surface area (Å²) >= 11 is 0.824. The zero-order valence-corrected chi connectivity index (χ0v) is 12.7. The van der Waals surface area contributed by atoms with Crippen molar-refractivity contribution in [3.05, 3.63) is 11.2 Å². The summed E-state index contributed by atoms with van der Waals surface area (Å²) in [7, 11) is -1.34. The lowest BCUT2D eigenvalue weighted by Crippen LogP contribution is -2.36. The van der Waals surface area contributed by atoms with Crippen molar-refractivity contribution in [2.45, 2.75) is 4.21 Å². The van der Waals surface area contributed by atoms with Crippen LogP contribution in [0.4, 0.5) is 0 Å². The molecule has 1 aromatic rings. The summed E-state index contributed by atoms with van der Waals surface area (Å²) in [5.41, 5.74) is 1.00. The number of hydrogen-bond acceptors (Lipinski definition) is 8. The highest BCUT2D eigenvalue weighted by atomic mass is 32.2. The zero-order chi connectivity index (χ0) is 15.2. The molecular weight excluding hydrogens is 308 g/mol. The van der Waals surface area contributed by atoms with E-state index < -0.39 is 16.0 Å². The number of hydrogen-bond donors (Lipinski definition) is 1. The van der Waals surface area contributed by atoms with Crippen molar-refractivity contribution in [1.29, 1.82) is 0 Å². The van der Waals surface area contributed by atoms with Gasteiger partial charge in [0.1, 0.15) is 0 Å². The Morgan fingerprint density at radius 2 is 2.15 bits per heavy atom. The summed E-state index contributed by atoms with van der Waals surface area (Å²) in [5.74, 6) is -0.819. The van der Waals surface area contributed by atoms with Crippen LogP contribution in [0.1, 0.15) is 10.5 Å². The summed E-state index contributed by atoms with van der Waals surface area (Å²) in [6.07, 6.45) is 0. The molecule has 0 spiro atoms. The number of methoxy groups -OCH3 is 2.